The van der Waals surface area contributed by atoms with Gasteiger partial charge in [-0.05, 0) is 24.2 Å². The van der Waals surface area contributed by atoms with E-state index in [1.807, 2.05) is 0 Å². The van der Waals surface area contributed by atoms with Crippen LogP contribution >= 0.6 is 0 Å². The molecule has 0 spiro atoms. The molecular formula is C13H27. The number of hydrogen-bond acceptors (Lipinski definition) is 0. The molecule has 0 saturated carbocycles. The molecule has 0 fully saturated rings. The van der Waals surface area contributed by atoms with Crippen LogP contribution in [0.4, 0.5) is 0 Å². The van der Waals surface area contributed by atoms with Crippen molar-refractivity contribution in [2.24, 2.45) is 17.8 Å². The zero-order chi connectivity index (χ0) is 10.3. The summed E-state index contributed by atoms with van der Waals surface area (Å²) in [5.41, 5.74) is 0. The molecule has 0 aliphatic rings. The highest BCUT2D eigenvalue weighted by Crippen LogP contribution is 2.27. The Morgan fingerprint density at radius 2 is 1.69 bits per heavy atom. The Labute approximate surface area is 85.1 Å². The molecule has 0 amide bonds. The van der Waals surface area contributed by atoms with Gasteiger partial charge in [0.15, 0.2) is 0 Å². The van der Waals surface area contributed by atoms with Gasteiger partial charge in [-0.2, -0.15) is 0 Å². The van der Waals surface area contributed by atoms with Crippen LogP contribution in [0.25, 0.3) is 0 Å². The SMILES string of the molecule is [CH2]CCC(C)C(CC)CC(C)CC. The van der Waals surface area contributed by atoms with E-state index in [4.69, 9.17) is 0 Å². The van der Waals surface area contributed by atoms with E-state index in [2.05, 4.69) is 34.6 Å². The molecule has 0 heteroatoms. The second-order valence-corrected chi connectivity index (χ2v) is 4.54. The average Bonchev–Trinajstić information content (AvgIpc) is 2.14. The van der Waals surface area contributed by atoms with Gasteiger partial charge in [0.25, 0.3) is 0 Å². The molecular weight excluding hydrogens is 156 g/mol. The van der Waals surface area contributed by atoms with E-state index in [1.165, 1.54) is 25.7 Å². The van der Waals surface area contributed by atoms with Crippen LogP contribution in [0.3, 0.4) is 0 Å². The van der Waals surface area contributed by atoms with Gasteiger partial charge in [0.05, 0.1) is 0 Å². The normalized spacial score (nSPS) is 18.2. The Morgan fingerprint density at radius 1 is 1.08 bits per heavy atom. The van der Waals surface area contributed by atoms with E-state index in [0.717, 1.165) is 24.2 Å². The van der Waals surface area contributed by atoms with Crippen molar-refractivity contribution in [3.05, 3.63) is 6.92 Å². The summed E-state index contributed by atoms with van der Waals surface area (Å²) in [7, 11) is 0. The van der Waals surface area contributed by atoms with Crippen LogP contribution in [0.15, 0.2) is 0 Å². The van der Waals surface area contributed by atoms with Gasteiger partial charge in [0, 0.05) is 0 Å². The van der Waals surface area contributed by atoms with Crippen LogP contribution in [0, 0.1) is 24.7 Å². The van der Waals surface area contributed by atoms with Gasteiger partial charge >= 0.3 is 0 Å². The summed E-state index contributed by atoms with van der Waals surface area (Å²) < 4.78 is 0. The van der Waals surface area contributed by atoms with Crippen molar-refractivity contribution < 1.29 is 0 Å². The molecule has 79 valence electrons. The first-order valence-electron chi connectivity index (χ1n) is 5.94. The first-order chi connectivity index (χ1) is 6.15. The Morgan fingerprint density at radius 3 is 2.08 bits per heavy atom. The third-order valence-corrected chi connectivity index (χ3v) is 3.39. The molecule has 0 heterocycles. The number of hydrogen-bond donors (Lipinski definition) is 0. The molecule has 0 nitrogen and oxygen atoms in total. The van der Waals surface area contributed by atoms with E-state index >= 15 is 0 Å². The van der Waals surface area contributed by atoms with Crippen molar-refractivity contribution in [2.45, 2.75) is 59.8 Å². The molecule has 1 radical (unpaired) electrons. The predicted molar refractivity (Wildman–Crippen MR) is 61.6 cm³/mol. The van der Waals surface area contributed by atoms with Crippen LogP contribution in [0.2, 0.25) is 0 Å². The zero-order valence-electron chi connectivity index (χ0n) is 9.97. The van der Waals surface area contributed by atoms with Crippen molar-refractivity contribution in [1.82, 2.24) is 0 Å². The molecule has 3 atom stereocenters. The van der Waals surface area contributed by atoms with Gasteiger partial charge in [-0.1, -0.05) is 60.3 Å². The molecule has 3 unspecified atom stereocenters. The fourth-order valence-electron chi connectivity index (χ4n) is 2.04. The van der Waals surface area contributed by atoms with Crippen LogP contribution in [-0.4, -0.2) is 0 Å². The smallest absolute Gasteiger partial charge is 0.0389 e. The lowest BCUT2D eigenvalue weighted by molar-refractivity contribution is 0.267. The van der Waals surface area contributed by atoms with E-state index in [1.54, 1.807) is 0 Å². The summed E-state index contributed by atoms with van der Waals surface area (Å²) in [6, 6.07) is 0. The van der Waals surface area contributed by atoms with E-state index in [-0.39, 0.29) is 0 Å². The Hall–Kier alpha value is 0. The van der Waals surface area contributed by atoms with Crippen molar-refractivity contribution in [2.75, 3.05) is 0 Å². The summed E-state index contributed by atoms with van der Waals surface area (Å²) >= 11 is 0. The van der Waals surface area contributed by atoms with Crippen molar-refractivity contribution in [1.29, 1.82) is 0 Å². The molecule has 0 aromatic heterocycles. The average molecular weight is 183 g/mol. The fourth-order valence-corrected chi connectivity index (χ4v) is 2.04. The van der Waals surface area contributed by atoms with Crippen LogP contribution in [-0.2, 0) is 0 Å². The highest BCUT2D eigenvalue weighted by Gasteiger charge is 2.16. The maximum atomic E-state index is 3.94. The highest BCUT2D eigenvalue weighted by molar-refractivity contribution is 4.68. The topological polar surface area (TPSA) is 0 Å². The predicted octanol–water partition coefficient (Wildman–Crippen LogP) is 4.70. The first kappa shape index (κ1) is 13.0. The first-order valence-corrected chi connectivity index (χ1v) is 5.94. The van der Waals surface area contributed by atoms with Gasteiger partial charge in [-0.25, -0.2) is 0 Å². The van der Waals surface area contributed by atoms with Gasteiger partial charge in [0.1, 0.15) is 0 Å². The lowest BCUT2D eigenvalue weighted by Crippen LogP contribution is -2.14. The summed E-state index contributed by atoms with van der Waals surface area (Å²) in [5.74, 6) is 2.70. The fraction of sp³-hybridized carbons (Fsp3) is 0.923. The van der Waals surface area contributed by atoms with E-state index in [9.17, 15) is 0 Å². The van der Waals surface area contributed by atoms with Gasteiger partial charge in [0.2, 0.25) is 0 Å². The largest absolute Gasteiger partial charge is 0.0651 e. The summed E-state index contributed by atoms with van der Waals surface area (Å²) in [5, 5.41) is 0. The van der Waals surface area contributed by atoms with Crippen LogP contribution < -0.4 is 0 Å². The molecule has 0 aromatic carbocycles. The van der Waals surface area contributed by atoms with Crippen LogP contribution in [0.1, 0.15) is 59.8 Å². The molecule has 0 aliphatic carbocycles. The summed E-state index contributed by atoms with van der Waals surface area (Å²) in [6.45, 7) is 13.3. The molecule has 0 saturated heterocycles. The molecule has 0 aromatic rings. The maximum absolute atomic E-state index is 3.94. The Bertz CT molecular complexity index is 107. The summed E-state index contributed by atoms with van der Waals surface area (Å²) in [6.07, 6.45) is 6.47. The van der Waals surface area contributed by atoms with Gasteiger partial charge in [-0.3, -0.25) is 0 Å². The third-order valence-electron chi connectivity index (χ3n) is 3.39. The molecule has 0 aliphatic heterocycles. The van der Waals surface area contributed by atoms with Crippen molar-refractivity contribution in [3.8, 4) is 0 Å². The Kier molecular flexibility index (Phi) is 7.41. The lowest BCUT2D eigenvalue weighted by Gasteiger charge is -2.24. The van der Waals surface area contributed by atoms with Crippen LogP contribution in [0.5, 0.6) is 0 Å². The third kappa shape index (κ3) is 5.33. The minimum atomic E-state index is 0.872. The molecule has 0 N–H and O–H groups in total. The molecule has 0 rings (SSSR count). The standard InChI is InChI=1S/C13H27/c1-6-9-12(5)13(8-3)10-11(4)7-2/h11-13H,1,6-10H2,2-5H3. The van der Waals surface area contributed by atoms with Gasteiger partial charge < -0.3 is 0 Å². The van der Waals surface area contributed by atoms with Crippen molar-refractivity contribution >= 4 is 0 Å². The second kappa shape index (κ2) is 7.41. The number of rotatable bonds is 7. The van der Waals surface area contributed by atoms with E-state index in [0.29, 0.717) is 0 Å². The van der Waals surface area contributed by atoms with E-state index < -0.39 is 0 Å². The quantitative estimate of drug-likeness (QED) is 0.536. The molecule has 0 bridgehead atoms. The highest BCUT2D eigenvalue weighted by atomic mass is 14.2. The molecule has 13 heavy (non-hydrogen) atoms. The monoisotopic (exact) mass is 183 g/mol. The van der Waals surface area contributed by atoms with Gasteiger partial charge in [-0.15, -0.1) is 0 Å². The van der Waals surface area contributed by atoms with Crippen molar-refractivity contribution in [3.63, 3.8) is 0 Å². The Balaban J connectivity index is 3.86. The second-order valence-electron chi connectivity index (χ2n) is 4.54. The zero-order valence-corrected chi connectivity index (χ0v) is 9.97. The lowest BCUT2D eigenvalue weighted by atomic mass is 9.81. The maximum Gasteiger partial charge on any atom is -0.0389 e. The minimum Gasteiger partial charge on any atom is -0.0651 e. The summed E-state index contributed by atoms with van der Waals surface area (Å²) in [4.78, 5) is 0. The minimum absolute atomic E-state index is 0.872.